The van der Waals surface area contributed by atoms with Crippen LogP contribution in [0.1, 0.15) is 5.56 Å². The highest BCUT2D eigenvalue weighted by atomic mass is 35.5. The Bertz CT molecular complexity index is 631. The number of fused-ring (bicyclic) bond motifs is 3. The number of hydrogen-bond donors (Lipinski definition) is 0. The van der Waals surface area contributed by atoms with Gasteiger partial charge in [-0.2, -0.15) is 0 Å². The molecule has 2 bridgehead atoms. The van der Waals surface area contributed by atoms with Crippen molar-refractivity contribution in [3.05, 3.63) is 28.8 Å². The SMILES string of the molecule is Cc1cc(Cl)ccc1OCC(=O)OCC12COP(=O)(OC1)OC2. The molecule has 1 aromatic carbocycles. The Labute approximate surface area is 138 Å². The number of phosphoric ester groups is 1. The first kappa shape index (κ1) is 16.7. The van der Waals surface area contributed by atoms with Gasteiger partial charge in [0, 0.05) is 5.02 Å². The second kappa shape index (κ2) is 6.42. The molecule has 0 aromatic heterocycles. The summed E-state index contributed by atoms with van der Waals surface area (Å²) in [4.78, 5) is 11.8. The highest BCUT2D eigenvalue weighted by molar-refractivity contribution is 7.48. The fourth-order valence-electron chi connectivity index (χ4n) is 2.20. The first-order valence-corrected chi connectivity index (χ1v) is 8.82. The van der Waals surface area contributed by atoms with Crippen LogP contribution in [0.2, 0.25) is 5.02 Å². The lowest BCUT2D eigenvalue weighted by Gasteiger charge is -2.43. The maximum atomic E-state index is 11.8. The molecule has 1 aromatic rings. The lowest BCUT2D eigenvalue weighted by molar-refractivity contribution is -0.161. The number of halogens is 1. The summed E-state index contributed by atoms with van der Waals surface area (Å²) in [6.45, 7) is 2.19. The van der Waals surface area contributed by atoms with Gasteiger partial charge in [-0.1, -0.05) is 11.6 Å². The maximum Gasteiger partial charge on any atom is 0.474 e. The fraction of sp³-hybridized carbons (Fsp3) is 0.500. The van der Waals surface area contributed by atoms with Crippen molar-refractivity contribution >= 4 is 25.4 Å². The van der Waals surface area contributed by atoms with Crippen LogP contribution in [0, 0.1) is 12.3 Å². The molecule has 0 spiro atoms. The van der Waals surface area contributed by atoms with Crippen molar-refractivity contribution in [2.24, 2.45) is 5.41 Å². The van der Waals surface area contributed by atoms with Gasteiger partial charge in [0.15, 0.2) is 6.61 Å². The minimum atomic E-state index is -3.36. The molecule has 3 fully saturated rings. The Morgan fingerprint density at radius 3 is 2.57 bits per heavy atom. The fourth-order valence-corrected chi connectivity index (χ4v) is 3.94. The van der Waals surface area contributed by atoms with E-state index in [1.54, 1.807) is 18.2 Å². The average molecular weight is 363 g/mol. The predicted octanol–water partition coefficient (Wildman–Crippen LogP) is 2.74. The highest BCUT2D eigenvalue weighted by Gasteiger charge is 2.51. The van der Waals surface area contributed by atoms with Gasteiger partial charge in [0.2, 0.25) is 0 Å². The lowest BCUT2D eigenvalue weighted by atomic mass is 9.92. The molecular weight excluding hydrogens is 347 g/mol. The number of ether oxygens (including phenoxy) is 2. The van der Waals surface area contributed by atoms with E-state index in [9.17, 15) is 9.36 Å². The third kappa shape index (κ3) is 3.87. The largest absolute Gasteiger partial charge is 0.482 e. The van der Waals surface area contributed by atoms with Gasteiger partial charge < -0.3 is 9.47 Å². The number of benzene rings is 1. The van der Waals surface area contributed by atoms with Gasteiger partial charge in [0.05, 0.1) is 25.2 Å². The Hall–Kier alpha value is -1.11. The molecule has 3 aliphatic heterocycles. The van der Waals surface area contributed by atoms with E-state index in [2.05, 4.69) is 0 Å². The van der Waals surface area contributed by atoms with Crippen LogP contribution in [0.15, 0.2) is 18.2 Å². The van der Waals surface area contributed by atoms with Crippen LogP contribution < -0.4 is 4.74 Å². The Kier molecular flexibility index (Phi) is 4.67. The molecule has 3 aliphatic rings. The zero-order chi connectivity index (χ0) is 16.5. The minimum Gasteiger partial charge on any atom is -0.482 e. The number of hydrogen-bond acceptors (Lipinski definition) is 7. The van der Waals surface area contributed by atoms with Gasteiger partial charge in [-0.25, -0.2) is 9.36 Å². The number of phosphoric acid groups is 1. The van der Waals surface area contributed by atoms with Crippen LogP contribution in [-0.2, 0) is 27.7 Å². The Morgan fingerprint density at radius 1 is 1.30 bits per heavy atom. The second-order valence-electron chi connectivity index (χ2n) is 5.63. The number of rotatable bonds is 5. The first-order valence-electron chi connectivity index (χ1n) is 6.98. The van der Waals surface area contributed by atoms with Crippen LogP contribution in [0.25, 0.3) is 0 Å². The van der Waals surface area contributed by atoms with E-state index in [1.807, 2.05) is 6.92 Å². The lowest BCUT2D eigenvalue weighted by Crippen LogP contribution is -2.48. The Morgan fingerprint density at radius 2 is 1.96 bits per heavy atom. The molecule has 0 atom stereocenters. The molecule has 0 amide bonds. The summed E-state index contributed by atoms with van der Waals surface area (Å²) in [5.41, 5.74) is 0.215. The molecule has 0 saturated carbocycles. The van der Waals surface area contributed by atoms with Gasteiger partial charge in [0.1, 0.15) is 12.4 Å². The normalized spacial score (nSPS) is 29.3. The van der Waals surface area contributed by atoms with Crippen molar-refractivity contribution in [3.8, 4) is 5.75 Å². The molecule has 126 valence electrons. The number of esters is 1. The van der Waals surface area contributed by atoms with E-state index in [0.29, 0.717) is 10.8 Å². The monoisotopic (exact) mass is 362 g/mol. The molecule has 0 aliphatic carbocycles. The van der Waals surface area contributed by atoms with E-state index in [-0.39, 0.29) is 33.0 Å². The first-order chi connectivity index (χ1) is 10.9. The summed E-state index contributed by atoms with van der Waals surface area (Å²) in [6, 6.07) is 5.12. The Balaban J connectivity index is 1.47. The standard InChI is InChI=1S/C14H16ClO7P/c1-10-4-11(15)2-3-12(10)18-5-13(16)19-6-14-7-20-23(17,21-8-14)22-9-14/h2-4H,5-9H2,1H3. The molecule has 3 heterocycles. The minimum absolute atomic E-state index is 0.0504. The summed E-state index contributed by atoms with van der Waals surface area (Å²) in [5.74, 6) is 0.0452. The van der Waals surface area contributed by atoms with Crippen molar-refractivity contribution in [2.45, 2.75) is 6.92 Å². The molecule has 7 nitrogen and oxygen atoms in total. The van der Waals surface area contributed by atoms with E-state index < -0.39 is 19.2 Å². The van der Waals surface area contributed by atoms with Crippen LogP contribution in [-0.4, -0.2) is 39.0 Å². The molecule has 9 heteroatoms. The summed E-state index contributed by atoms with van der Waals surface area (Å²) in [7, 11) is -3.36. The van der Waals surface area contributed by atoms with Crippen molar-refractivity contribution < 1.29 is 32.4 Å². The van der Waals surface area contributed by atoms with Gasteiger partial charge in [-0.05, 0) is 30.7 Å². The van der Waals surface area contributed by atoms with E-state index in [1.165, 1.54) is 0 Å². The van der Waals surface area contributed by atoms with Gasteiger partial charge >= 0.3 is 13.8 Å². The van der Waals surface area contributed by atoms with Gasteiger partial charge in [-0.15, -0.1) is 0 Å². The van der Waals surface area contributed by atoms with E-state index in [0.717, 1.165) is 5.56 Å². The van der Waals surface area contributed by atoms with Crippen molar-refractivity contribution in [2.75, 3.05) is 33.0 Å². The predicted molar refractivity (Wildman–Crippen MR) is 80.5 cm³/mol. The summed E-state index contributed by atoms with van der Waals surface area (Å²) >= 11 is 5.86. The summed E-state index contributed by atoms with van der Waals surface area (Å²) in [5, 5.41) is 0.600. The van der Waals surface area contributed by atoms with Crippen LogP contribution in [0.3, 0.4) is 0 Å². The second-order valence-corrected chi connectivity index (χ2v) is 7.73. The van der Waals surface area contributed by atoms with Crippen molar-refractivity contribution in [3.63, 3.8) is 0 Å². The molecule has 0 unspecified atom stereocenters. The van der Waals surface area contributed by atoms with Crippen molar-refractivity contribution in [1.29, 1.82) is 0 Å². The van der Waals surface area contributed by atoms with Crippen molar-refractivity contribution in [1.82, 2.24) is 0 Å². The summed E-state index contributed by atoms with van der Waals surface area (Å²) < 4.78 is 37.3. The topological polar surface area (TPSA) is 80.3 Å². The molecule has 23 heavy (non-hydrogen) atoms. The third-order valence-electron chi connectivity index (χ3n) is 3.61. The summed E-state index contributed by atoms with van der Waals surface area (Å²) in [6.07, 6.45) is 0. The molecule has 0 N–H and O–H groups in total. The van der Waals surface area contributed by atoms with Gasteiger partial charge in [-0.3, -0.25) is 13.6 Å². The smallest absolute Gasteiger partial charge is 0.474 e. The van der Waals surface area contributed by atoms with E-state index >= 15 is 0 Å². The van der Waals surface area contributed by atoms with Crippen LogP contribution in [0.5, 0.6) is 5.75 Å². The number of carbonyl (C=O) groups excluding carboxylic acids is 1. The highest BCUT2D eigenvalue weighted by Crippen LogP contribution is 2.59. The zero-order valence-corrected chi connectivity index (χ0v) is 14.1. The third-order valence-corrected chi connectivity index (χ3v) is 5.18. The van der Waals surface area contributed by atoms with E-state index in [4.69, 9.17) is 34.6 Å². The number of carbonyl (C=O) groups is 1. The molecular formula is C14H16ClO7P. The molecule has 4 rings (SSSR count). The van der Waals surface area contributed by atoms with Crippen LogP contribution >= 0.6 is 19.4 Å². The maximum absolute atomic E-state index is 11.8. The quantitative estimate of drug-likeness (QED) is 0.588. The van der Waals surface area contributed by atoms with Crippen LogP contribution in [0.4, 0.5) is 0 Å². The molecule has 0 radical (unpaired) electrons. The van der Waals surface area contributed by atoms with Gasteiger partial charge in [0.25, 0.3) is 0 Å². The average Bonchev–Trinajstić information content (AvgIpc) is 2.54. The number of aryl methyl sites for hydroxylation is 1. The zero-order valence-electron chi connectivity index (χ0n) is 12.5. The molecule has 3 saturated heterocycles.